The van der Waals surface area contributed by atoms with E-state index in [4.69, 9.17) is 4.74 Å². The van der Waals surface area contributed by atoms with E-state index < -0.39 is 11.8 Å². The average molecular weight is 414 g/mol. The summed E-state index contributed by atoms with van der Waals surface area (Å²) in [5.74, 6) is -0.0664. The molecule has 0 saturated carbocycles. The van der Waals surface area contributed by atoms with Crippen molar-refractivity contribution in [2.45, 2.75) is 6.92 Å². The molecule has 1 aliphatic rings. The summed E-state index contributed by atoms with van der Waals surface area (Å²) in [5.41, 5.74) is 0.980. The lowest BCUT2D eigenvalue weighted by molar-refractivity contribution is -0.116. The van der Waals surface area contributed by atoms with Crippen LogP contribution in [-0.2, 0) is 4.79 Å². The summed E-state index contributed by atoms with van der Waals surface area (Å²) in [6.45, 7) is 3.04. The van der Waals surface area contributed by atoms with Crippen molar-refractivity contribution < 1.29 is 18.7 Å². The predicted octanol–water partition coefficient (Wildman–Crippen LogP) is 3.71. The fourth-order valence-corrected chi connectivity index (χ4v) is 4.08. The van der Waals surface area contributed by atoms with Crippen LogP contribution in [0.3, 0.4) is 0 Å². The van der Waals surface area contributed by atoms with Gasteiger partial charge in [-0.3, -0.25) is 9.69 Å². The Balaban J connectivity index is 1.40. The number of ether oxygens (including phenoxy) is 1. The Morgan fingerprint density at radius 3 is 2.90 bits per heavy atom. The number of anilines is 2. The number of hydrogen-bond donors (Lipinski definition) is 1. The van der Waals surface area contributed by atoms with Crippen molar-refractivity contribution in [1.82, 2.24) is 9.88 Å². The van der Waals surface area contributed by atoms with Gasteiger partial charge in [-0.15, -0.1) is 0 Å². The van der Waals surface area contributed by atoms with Crippen molar-refractivity contribution in [3.63, 3.8) is 0 Å². The number of rotatable bonds is 6. The van der Waals surface area contributed by atoms with Gasteiger partial charge in [-0.1, -0.05) is 23.5 Å². The summed E-state index contributed by atoms with van der Waals surface area (Å²) in [6.07, 6.45) is 0. The van der Waals surface area contributed by atoms with Gasteiger partial charge in [-0.05, 0) is 37.3 Å². The van der Waals surface area contributed by atoms with Gasteiger partial charge in [-0.25, -0.2) is 14.2 Å². The number of fused-ring (bicyclic) bond motifs is 1. The quantitative estimate of drug-likeness (QED) is 0.667. The zero-order chi connectivity index (χ0) is 20.4. The molecule has 150 valence electrons. The van der Waals surface area contributed by atoms with Gasteiger partial charge >= 0.3 is 6.03 Å². The molecule has 29 heavy (non-hydrogen) atoms. The highest BCUT2D eigenvalue weighted by molar-refractivity contribution is 7.22. The lowest BCUT2D eigenvalue weighted by atomic mass is 10.3. The first-order valence-electron chi connectivity index (χ1n) is 9.19. The van der Waals surface area contributed by atoms with Crippen molar-refractivity contribution in [3.8, 4) is 5.75 Å². The Hall–Kier alpha value is -3.20. The SMILES string of the molecule is CCOc1ccc2nc(NC(=O)CN3CCN(c4ccccc4F)C3=O)sc2c1. The Morgan fingerprint density at radius 1 is 1.28 bits per heavy atom. The van der Waals surface area contributed by atoms with E-state index in [2.05, 4.69) is 10.3 Å². The van der Waals surface area contributed by atoms with E-state index in [9.17, 15) is 14.0 Å². The fourth-order valence-electron chi connectivity index (χ4n) is 3.17. The zero-order valence-electron chi connectivity index (χ0n) is 15.7. The molecule has 1 aliphatic heterocycles. The van der Waals surface area contributed by atoms with Crippen molar-refractivity contribution in [3.05, 3.63) is 48.3 Å². The summed E-state index contributed by atoms with van der Waals surface area (Å²) < 4.78 is 20.3. The molecule has 1 saturated heterocycles. The van der Waals surface area contributed by atoms with Gasteiger partial charge in [0.1, 0.15) is 18.1 Å². The Labute approximate surface area is 170 Å². The maximum atomic E-state index is 14.0. The van der Waals surface area contributed by atoms with Crippen LogP contribution in [0.2, 0.25) is 0 Å². The molecule has 0 unspecified atom stereocenters. The smallest absolute Gasteiger partial charge is 0.325 e. The Bertz CT molecular complexity index is 1070. The number of nitrogens with one attached hydrogen (secondary N) is 1. The molecule has 0 atom stereocenters. The molecule has 1 aromatic heterocycles. The first-order chi connectivity index (χ1) is 14.0. The summed E-state index contributed by atoms with van der Waals surface area (Å²) >= 11 is 1.34. The molecule has 2 aromatic carbocycles. The van der Waals surface area contributed by atoms with E-state index in [-0.39, 0.29) is 18.1 Å². The molecule has 1 fully saturated rings. The Morgan fingerprint density at radius 2 is 2.10 bits per heavy atom. The second-order valence-corrected chi connectivity index (χ2v) is 7.47. The van der Waals surface area contributed by atoms with Crippen LogP contribution in [-0.4, -0.2) is 48.1 Å². The number of para-hydroxylation sites is 1. The van der Waals surface area contributed by atoms with E-state index in [1.54, 1.807) is 18.2 Å². The van der Waals surface area contributed by atoms with E-state index in [0.717, 1.165) is 16.0 Å². The summed E-state index contributed by atoms with van der Waals surface area (Å²) in [4.78, 5) is 32.1. The van der Waals surface area contributed by atoms with Crippen LogP contribution in [0.4, 0.5) is 20.0 Å². The molecule has 3 aromatic rings. The molecule has 0 bridgehead atoms. The van der Waals surface area contributed by atoms with Crippen molar-refractivity contribution in [2.75, 3.05) is 36.5 Å². The van der Waals surface area contributed by atoms with Crippen LogP contribution >= 0.6 is 11.3 Å². The number of aromatic nitrogens is 1. The summed E-state index contributed by atoms with van der Waals surface area (Å²) in [6, 6.07) is 11.3. The van der Waals surface area contributed by atoms with Gasteiger partial charge < -0.3 is 15.0 Å². The van der Waals surface area contributed by atoms with Crippen LogP contribution in [0.1, 0.15) is 6.92 Å². The van der Waals surface area contributed by atoms with Gasteiger partial charge in [0.15, 0.2) is 5.13 Å². The molecule has 1 N–H and O–H groups in total. The lowest BCUT2D eigenvalue weighted by Gasteiger charge is -2.18. The first-order valence-corrected chi connectivity index (χ1v) is 10.0. The van der Waals surface area contributed by atoms with Crippen molar-refractivity contribution in [2.24, 2.45) is 0 Å². The molecule has 3 amide bonds. The fraction of sp³-hybridized carbons (Fsp3) is 0.250. The van der Waals surface area contributed by atoms with Crippen molar-refractivity contribution in [1.29, 1.82) is 0 Å². The molecular formula is C20H19FN4O3S. The largest absolute Gasteiger partial charge is 0.494 e. The third-order valence-corrected chi connectivity index (χ3v) is 5.42. The van der Waals surface area contributed by atoms with Gasteiger partial charge in [0.25, 0.3) is 0 Å². The van der Waals surface area contributed by atoms with Crippen LogP contribution in [0.15, 0.2) is 42.5 Å². The topological polar surface area (TPSA) is 74.8 Å². The highest BCUT2D eigenvalue weighted by Gasteiger charge is 2.32. The maximum absolute atomic E-state index is 14.0. The Kier molecular flexibility index (Phi) is 5.30. The molecular weight excluding hydrogens is 395 g/mol. The second-order valence-electron chi connectivity index (χ2n) is 6.44. The monoisotopic (exact) mass is 414 g/mol. The molecule has 7 nitrogen and oxygen atoms in total. The van der Waals surface area contributed by atoms with E-state index in [1.165, 1.54) is 27.2 Å². The van der Waals surface area contributed by atoms with Gasteiger partial charge in [0.2, 0.25) is 5.91 Å². The van der Waals surface area contributed by atoms with Crippen LogP contribution in [0.5, 0.6) is 5.75 Å². The third-order valence-electron chi connectivity index (χ3n) is 4.49. The number of carbonyl (C=O) groups is 2. The first kappa shape index (κ1) is 19.1. The van der Waals surface area contributed by atoms with Crippen LogP contribution in [0, 0.1) is 5.82 Å². The summed E-state index contributed by atoms with van der Waals surface area (Å²) in [7, 11) is 0. The van der Waals surface area contributed by atoms with Gasteiger partial charge in [0.05, 0.1) is 22.5 Å². The maximum Gasteiger partial charge on any atom is 0.325 e. The molecule has 0 aliphatic carbocycles. The molecule has 0 radical (unpaired) electrons. The highest BCUT2D eigenvalue weighted by atomic mass is 32.1. The van der Waals surface area contributed by atoms with E-state index in [0.29, 0.717) is 24.8 Å². The average Bonchev–Trinajstić information content (AvgIpc) is 3.25. The van der Waals surface area contributed by atoms with Gasteiger partial charge in [0, 0.05) is 13.1 Å². The molecule has 0 spiro atoms. The number of thiazole rings is 1. The highest BCUT2D eigenvalue weighted by Crippen LogP contribution is 2.29. The number of benzene rings is 2. The molecule has 4 rings (SSSR count). The zero-order valence-corrected chi connectivity index (χ0v) is 16.5. The number of carbonyl (C=O) groups excluding carboxylic acids is 2. The van der Waals surface area contributed by atoms with E-state index >= 15 is 0 Å². The molecule has 9 heteroatoms. The predicted molar refractivity (Wildman–Crippen MR) is 110 cm³/mol. The van der Waals surface area contributed by atoms with Crippen LogP contribution < -0.4 is 15.0 Å². The van der Waals surface area contributed by atoms with Crippen molar-refractivity contribution >= 4 is 44.3 Å². The van der Waals surface area contributed by atoms with E-state index in [1.807, 2.05) is 25.1 Å². The van der Waals surface area contributed by atoms with Gasteiger partial charge in [-0.2, -0.15) is 0 Å². The number of nitrogens with zero attached hydrogens (tertiary/aromatic N) is 3. The number of halogens is 1. The number of amides is 3. The minimum absolute atomic E-state index is 0.121. The normalized spacial score (nSPS) is 13.9. The lowest BCUT2D eigenvalue weighted by Crippen LogP contribution is -2.37. The minimum atomic E-state index is -0.465. The van der Waals surface area contributed by atoms with Crippen LogP contribution in [0.25, 0.3) is 10.2 Å². The molecule has 2 heterocycles. The number of urea groups is 1. The third kappa shape index (κ3) is 4.00. The number of hydrogen-bond acceptors (Lipinski definition) is 5. The summed E-state index contributed by atoms with van der Waals surface area (Å²) in [5, 5.41) is 3.19. The minimum Gasteiger partial charge on any atom is -0.494 e. The second kappa shape index (κ2) is 8.04. The standard InChI is InChI=1S/C20H19FN4O3S/c1-2-28-13-7-8-15-17(11-13)29-19(22-15)23-18(26)12-24-9-10-25(20(24)27)16-6-4-3-5-14(16)21/h3-8,11H,2,9-10,12H2,1H3,(H,22,23,26).